The van der Waals surface area contributed by atoms with Crippen LogP contribution in [0.5, 0.6) is 11.5 Å². The first-order chi connectivity index (χ1) is 10.9. The Labute approximate surface area is 148 Å². The van der Waals surface area contributed by atoms with Crippen LogP contribution in [0.15, 0.2) is 51.8 Å². The number of hydrogen-bond donors (Lipinski definition) is 1. The van der Waals surface area contributed by atoms with Gasteiger partial charge >= 0.3 is 0 Å². The van der Waals surface area contributed by atoms with Crippen LogP contribution in [0.3, 0.4) is 0 Å². The molecule has 0 aliphatic heterocycles. The number of nitrogens with one attached hydrogen (secondary N) is 1. The number of ether oxygens (including phenoxy) is 2. The Balaban J connectivity index is 1.96. The van der Waals surface area contributed by atoms with Crippen molar-refractivity contribution in [1.82, 2.24) is 4.72 Å². The molecule has 5 nitrogen and oxygen atoms in total. The number of rotatable bonds is 7. The third kappa shape index (κ3) is 5.10. The summed E-state index contributed by atoms with van der Waals surface area (Å²) >= 11 is 9.03. The number of hydrogen-bond acceptors (Lipinski definition) is 4. The molecule has 8 heteroatoms. The zero-order chi connectivity index (χ0) is 16.9. The third-order valence-electron chi connectivity index (χ3n) is 2.89. The topological polar surface area (TPSA) is 64.6 Å². The van der Waals surface area contributed by atoms with Crippen LogP contribution in [0.1, 0.15) is 0 Å². The van der Waals surface area contributed by atoms with Crippen LogP contribution >= 0.6 is 27.5 Å². The summed E-state index contributed by atoms with van der Waals surface area (Å²) in [5, 5.41) is 0.611. The minimum Gasteiger partial charge on any atom is -0.495 e. The number of sulfonamides is 1. The molecule has 0 aromatic heterocycles. The van der Waals surface area contributed by atoms with Crippen LogP contribution in [-0.4, -0.2) is 28.7 Å². The number of halogens is 2. The van der Waals surface area contributed by atoms with E-state index in [4.69, 9.17) is 21.1 Å². The molecule has 0 radical (unpaired) electrons. The van der Waals surface area contributed by atoms with Gasteiger partial charge in [-0.1, -0.05) is 27.5 Å². The lowest BCUT2D eigenvalue weighted by Crippen LogP contribution is -2.28. The summed E-state index contributed by atoms with van der Waals surface area (Å²) in [5.41, 5.74) is 0. The lowest BCUT2D eigenvalue weighted by molar-refractivity contribution is 0.322. The molecule has 0 heterocycles. The second-order valence-electron chi connectivity index (χ2n) is 4.50. The summed E-state index contributed by atoms with van der Waals surface area (Å²) in [5.74, 6) is 0.896. The molecule has 0 aliphatic carbocycles. The van der Waals surface area contributed by atoms with Gasteiger partial charge < -0.3 is 9.47 Å². The molecule has 2 rings (SSSR count). The van der Waals surface area contributed by atoms with Gasteiger partial charge in [-0.25, -0.2) is 13.1 Å². The van der Waals surface area contributed by atoms with Gasteiger partial charge in [-0.05, 0) is 42.5 Å². The Morgan fingerprint density at radius 2 is 1.87 bits per heavy atom. The Bertz CT molecular complexity index is 766. The molecule has 2 aromatic carbocycles. The Morgan fingerprint density at radius 3 is 2.52 bits per heavy atom. The van der Waals surface area contributed by atoms with Gasteiger partial charge in [0.1, 0.15) is 23.0 Å². The predicted molar refractivity (Wildman–Crippen MR) is 92.8 cm³/mol. The van der Waals surface area contributed by atoms with Crippen LogP contribution < -0.4 is 14.2 Å². The fourth-order valence-corrected chi connectivity index (χ4v) is 3.66. The van der Waals surface area contributed by atoms with Crippen LogP contribution in [0.4, 0.5) is 0 Å². The van der Waals surface area contributed by atoms with Gasteiger partial charge in [0.05, 0.1) is 7.11 Å². The first kappa shape index (κ1) is 18.1. The zero-order valence-electron chi connectivity index (χ0n) is 12.3. The molecular weight excluding hydrogens is 406 g/mol. The molecule has 0 saturated heterocycles. The van der Waals surface area contributed by atoms with E-state index in [-0.39, 0.29) is 23.8 Å². The summed E-state index contributed by atoms with van der Waals surface area (Å²) < 4.78 is 38.3. The van der Waals surface area contributed by atoms with E-state index < -0.39 is 10.0 Å². The van der Waals surface area contributed by atoms with Crippen molar-refractivity contribution in [3.8, 4) is 11.5 Å². The second kappa shape index (κ2) is 8.01. The van der Waals surface area contributed by atoms with Gasteiger partial charge in [0.25, 0.3) is 0 Å². The maximum Gasteiger partial charge on any atom is 0.244 e. The molecular formula is C15H15BrClNO4S. The molecule has 0 spiro atoms. The van der Waals surface area contributed by atoms with E-state index in [1.807, 2.05) is 0 Å². The standard InChI is InChI=1S/C15H15BrClNO4S/c1-21-14-7-2-11(16)10-15(14)23(19,20)18-8-9-22-13-5-3-12(17)4-6-13/h2-7,10,18H,8-9H2,1H3. The quantitative estimate of drug-likeness (QED) is 0.697. The molecule has 0 unspecified atom stereocenters. The Hall–Kier alpha value is -1.28. The first-order valence-electron chi connectivity index (χ1n) is 6.64. The van der Waals surface area contributed by atoms with E-state index in [1.165, 1.54) is 13.2 Å². The SMILES string of the molecule is COc1ccc(Br)cc1S(=O)(=O)NCCOc1ccc(Cl)cc1. The molecule has 1 N–H and O–H groups in total. The Kier molecular flexibility index (Phi) is 6.29. The summed E-state index contributed by atoms with van der Waals surface area (Å²) in [4.78, 5) is 0.0702. The van der Waals surface area contributed by atoms with E-state index in [0.717, 1.165) is 0 Å². The molecule has 0 bridgehead atoms. The molecule has 124 valence electrons. The average Bonchev–Trinajstić information content (AvgIpc) is 2.53. The highest BCUT2D eigenvalue weighted by Gasteiger charge is 2.19. The van der Waals surface area contributed by atoms with Crippen molar-refractivity contribution >= 4 is 37.6 Å². The minimum atomic E-state index is -3.69. The molecule has 0 saturated carbocycles. The maximum atomic E-state index is 12.3. The van der Waals surface area contributed by atoms with Gasteiger partial charge in [-0.15, -0.1) is 0 Å². The largest absolute Gasteiger partial charge is 0.495 e. The first-order valence-corrected chi connectivity index (χ1v) is 9.29. The van der Waals surface area contributed by atoms with Crippen molar-refractivity contribution in [3.63, 3.8) is 0 Å². The molecule has 0 atom stereocenters. The van der Waals surface area contributed by atoms with Crippen LogP contribution in [-0.2, 0) is 10.0 Å². The normalized spacial score (nSPS) is 11.3. The third-order valence-corrected chi connectivity index (χ3v) is 5.12. The van der Waals surface area contributed by atoms with Gasteiger partial charge in [0.15, 0.2) is 0 Å². The highest BCUT2D eigenvalue weighted by Crippen LogP contribution is 2.27. The van der Waals surface area contributed by atoms with Gasteiger partial charge in [0, 0.05) is 16.0 Å². The van der Waals surface area contributed by atoms with Crippen molar-refractivity contribution in [3.05, 3.63) is 52.0 Å². The van der Waals surface area contributed by atoms with Crippen LogP contribution in [0, 0.1) is 0 Å². The van der Waals surface area contributed by atoms with Gasteiger partial charge in [-0.2, -0.15) is 0 Å². The smallest absolute Gasteiger partial charge is 0.244 e. The fraction of sp³-hybridized carbons (Fsp3) is 0.200. The fourth-order valence-electron chi connectivity index (χ4n) is 1.81. The molecule has 0 fully saturated rings. The van der Waals surface area contributed by atoms with Crippen LogP contribution in [0.2, 0.25) is 5.02 Å². The summed E-state index contributed by atoms with van der Waals surface area (Å²) in [6, 6.07) is 11.6. The van der Waals surface area contributed by atoms with Crippen molar-refractivity contribution in [2.24, 2.45) is 0 Å². The summed E-state index contributed by atoms with van der Waals surface area (Å²) in [6.07, 6.45) is 0. The molecule has 0 amide bonds. The minimum absolute atomic E-state index is 0.0702. The monoisotopic (exact) mass is 419 g/mol. The van der Waals surface area contributed by atoms with Crippen molar-refractivity contribution < 1.29 is 17.9 Å². The maximum absolute atomic E-state index is 12.3. The van der Waals surface area contributed by atoms with Gasteiger partial charge in [-0.3, -0.25) is 0 Å². The summed E-state index contributed by atoms with van der Waals surface area (Å²) in [6.45, 7) is 0.317. The Morgan fingerprint density at radius 1 is 1.17 bits per heavy atom. The van der Waals surface area contributed by atoms with E-state index in [9.17, 15) is 8.42 Å². The zero-order valence-corrected chi connectivity index (χ0v) is 15.4. The van der Waals surface area contributed by atoms with E-state index >= 15 is 0 Å². The van der Waals surface area contributed by atoms with Gasteiger partial charge in [0.2, 0.25) is 10.0 Å². The molecule has 0 aliphatic rings. The van der Waals surface area contributed by atoms with Crippen molar-refractivity contribution in [2.45, 2.75) is 4.90 Å². The van der Waals surface area contributed by atoms with E-state index in [1.54, 1.807) is 36.4 Å². The lowest BCUT2D eigenvalue weighted by atomic mass is 10.3. The summed E-state index contributed by atoms with van der Waals surface area (Å²) in [7, 11) is -2.27. The van der Waals surface area contributed by atoms with Crippen molar-refractivity contribution in [2.75, 3.05) is 20.3 Å². The van der Waals surface area contributed by atoms with E-state index in [0.29, 0.717) is 15.2 Å². The lowest BCUT2D eigenvalue weighted by Gasteiger charge is -2.11. The average molecular weight is 421 g/mol. The highest BCUT2D eigenvalue weighted by atomic mass is 79.9. The van der Waals surface area contributed by atoms with Crippen LogP contribution in [0.25, 0.3) is 0 Å². The number of benzene rings is 2. The molecule has 2 aromatic rings. The number of methoxy groups -OCH3 is 1. The molecule has 23 heavy (non-hydrogen) atoms. The highest BCUT2D eigenvalue weighted by molar-refractivity contribution is 9.10. The predicted octanol–water partition coefficient (Wildman–Crippen LogP) is 3.47. The van der Waals surface area contributed by atoms with Crippen molar-refractivity contribution in [1.29, 1.82) is 0 Å². The van der Waals surface area contributed by atoms with E-state index in [2.05, 4.69) is 20.7 Å². The second-order valence-corrected chi connectivity index (χ2v) is 7.58.